The number of rotatable bonds is 2. The molecule has 0 radical (unpaired) electrons. The highest BCUT2D eigenvalue weighted by Gasteiger charge is 2.52. The smallest absolute Gasteiger partial charge is 0.350 e. The van der Waals surface area contributed by atoms with Crippen molar-refractivity contribution < 1.29 is 26.7 Å². The van der Waals surface area contributed by atoms with Crippen LogP contribution in [0, 0.1) is 11.8 Å². The molecule has 0 aromatic carbocycles. The number of carbonyl (C=O) groups is 1. The molecule has 0 aliphatic heterocycles. The van der Waals surface area contributed by atoms with Gasteiger partial charge in [0.1, 0.15) is 6.17 Å². The van der Waals surface area contributed by atoms with Gasteiger partial charge in [0.2, 0.25) is 0 Å². The molecule has 2 bridgehead atoms. The van der Waals surface area contributed by atoms with Crippen LogP contribution in [0.5, 0.6) is 0 Å². The van der Waals surface area contributed by atoms with Gasteiger partial charge in [-0.15, -0.1) is 0 Å². The van der Waals surface area contributed by atoms with E-state index in [2.05, 4.69) is 0 Å². The molecule has 2 saturated carbocycles. The molecule has 5 atom stereocenters. The fourth-order valence-corrected chi connectivity index (χ4v) is 2.86. The van der Waals surface area contributed by atoms with Crippen LogP contribution in [0.25, 0.3) is 0 Å². The van der Waals surface area contributed by atoms with Gasteiger partial charge in [0.15, 0.2) is 0 Å². The van der Waals surface area contributed by atoms with Crippen molar-refractivity contribution in [2.24, 2.45) is 11.8 Å². The molecular weight excluding hydrogens is 245 g/mol. The lowest BCUT2D eigenvalue weighted by atomic mass is 9.99. The molecule has 2 rings (SSSR count). The lowest BCUT2D eigenvalue weighted by Gasteiger charge is -2.20. The van der Waals surface area contributed by atoms with Crippen molar-refractivity contribution in [3.8, 4) is 0 Å². The van der Waals surface area contributed by atoms with Gasteiger partial charge in [0, 0.05) is 12.0 Å². The molecule has 2 fully saturated rings. The number of halogens is 5. The van der Waals surface area contributed by atoms with Gasteiger partial charge in [0.05, 0.1) is 0 Å². The molecule has 98 valence electrons. The first kappa shape index (κ1) is 12.6. The Kier molecular flexibility index (Phi) is 3.03. The average Bonchev–Trinajstić information content (AvgIpc) is 2.71. The van der Waals surface area contributed by atoms with E-state index in [0.29, 0.717) is 12.8 Å². The fraction of sp³-hybridized carbons (Fsp3) is 0.900. The van der Waals surface area contributed by atoms with Gasteiger partial charge in [0.25, 0.3) is 12.1 Å². The molecule has 2 nitrogen and oxygen atoms in total. The highest BCUT2D eigenvalue weighted by atomic mass is 19.4. The number of carbonyl (C=O) groups excluding carboxylic acids is 1. The van der Waals surface area contributed by atoms with Crippen LogP contribution in [0.1, 0.15) is 19.3 Å². The summed E-state index contributed by atoms with van der Waals surface area (Å²) in [4.78, 5) is 11.0. The molecule has 0 spiro atoms. The monoisotopic (exact) mass is 257 g/mol. The van der Waals surface area contributed by atoms with Crippen LogP contribution in [0.4, 0.5) is 22.0 Å². The van der Waals surface area contributed by atoms with E-state index in [4.69, 9.17) is 0 Å². The van der Waals surface area contributed by atoms with E-state index in [1.54, 1.807) is 0 Å². The first-order valence-corrected chi connectivity index (χ1v) is 5.46. The van der Waals surface area contributed by atoms with Crippen molar-refractivity contribution in [2.45, 2.75) is 43.8 Å². The van der Waals surface area contributed by atoms with Gasteiger partial charge in [-0.05, 0) is 25.2 Å². The van der Waals surface area contributed by atoms with Crippen LogP contribution < -0.4 is 5.32 Å². The standard InChI is InChI=1S/C10H12F5NO/c11-6-3-4-1-2-5(6)7(4)16-9(17)8(12)10(13,14)15/h4-8H,1-3H2,(H,16,17). The largest absolute Gasteiger partial charge is 0.428 e. The zero-order valence-electron chi connectivity index (χ0n) is 8.81. The number of fused-ring (bicyclic) bond motifs is 2. The predicted molar refractivity (Wildman–Crippen MR) is 48.6 cm³/mol. The van der Waals surface area contributed by atoms with Crippen LogP contribution in [-0.4, -0.2) is 30.5 Å². The van der Waals surface area contributed by atoms with Gasteiger partial charge in [-0.3, -0.25) is 4.79 Å². The van der Waals surface area contributed by atoms with Gasteiger partial charge >= 0.3 is 6.18 Å². The van der Waals surface area contributed by atoms with Gasteiger partial charge < -0.3 is 5.32 Å². The zero-order chi connectivity index (χ0) is 12.8. The van der Waals surface area contributed by atoms with E-state index < -0.39 is 36.4 Å². The van der Waals surface area contributed by atoms with Crippen molar-refractivity contribution in [3.05, 3.63) is 0 Å². The third-order valence-corrected chi connectivity index (χ3v) is 3.66. The quantitative estimate of drug-likeness (QED) is 0.754. The summed E-state index contributed by atoms with van der Waals surface area (Å²) in [7, 11) is 0. The van der Waals surface area contributed by atoms with E-state index in [-0.39, 0.29) is 12.3 Å². The molecule has 1 amide bonds. The Hall–Kier alpha value is -0.880. The minimum Gasteiger partial charge on any atom is -0.350 e. The number of hydrogen-bond acceptors (Lipinski definition) is 1. The number of amides is 1. The summed E-state index contributed by atoms with van der Waals surface area (Å²) >= 11 is 0. The van der Waals surface area contributed by atoms with Crippen LogP contribution >= 0.6 is 0 Å². The van der Waals surface area contributed by atoms with Crippen molar-refractivity contribution in [1.82, 2.24) is 5.32 Å². The van der Waals surface area contributed by atoms with Gasteiger partial charge in [-0.1, -0.05) is 0 Å². The Bertz CT molecular complexity index is 318. The normalized spacial score (nSPS) is 38.2. The molecule has 7 heteroatoms. The summed E-state index contributed by atoms with van der Waals surface area (Å²) in [5, 5.41) is 2.00. The van der Waals surface area contributed by atoms with Gasteiger partial charge in [-0.25, -0.2) is 8.78 Å². The predicted octanol–water partition coefficient (Wildman–Crippen LogP) is 2.14. The summed E-state index contributed by atoms with van der Waals surface area (Å²) in [6, 6.07) is -0.641. The number of alkyl halides is 5. The highest BCUT2D eigenvalue weighted by molar-refractivity contribution is 5.81. The molecule has 0 aromatic rings. The number of nitrogens with one attached hydrogen (secondary N) is 1. The Balaban J connectivity index is 1.96. The second-order valence-corrected chi connectivity index (χ2v) is 4.69. The van der Waals surface area contributed by atoms with Crippen LogP contribution in [0.15, 0.2) is 0 Å². The van der Waals surface area contributed by atoms with Crippen molar-refractivity contribution >= 4 is 5.91 Å². The summed E-state index contributed by atoms with van der Waals surface area (Å²) in [6.45, 7) is 0. The van der Waals surface area contributed by atoms with Crippen LogP contribution in [0.3, 0.4) is 0 Å². The maximum Gasteiger partial charge on any atom is 0.428 e. The lowest BCUT2D eigenvalue weighted by molar-refractivity contribution is -0.187. The van der Waals surface area contributed by atoms with Crippen molar-refractivity contribution in [3.63, 3.8) is 0 Å². The molecular formula is C10H12F5NO. The average molecular weight is 257 g/mol. The minimum absolute atomic E-state index is 0.153. The van der Waals surface area contributed by atoms with Crippen molar-refractivity contribution in [1.29, 1.82) is 0 Å². The second-order valence-electron chi connectivity index (χ2n) is 4.69. The van der Waals surface area contributed by atoms with E-state index in [1.165, 1.54) is 0 Å². The third-order valence-electron chi connectivity index (χ3n) is 3.66. The number of hydrogen-bond donors (Lipinski definition) is 1. The Morgan fingerprint density at radius 3 is 2.35 bits per heavy atom. The SMILES string of the molecule is O=C(NC1C2CCC1C(F)C2)C(F)C(F)(F)F. The third kappa shape index (κ3) is 2.24. The molecule has 17 heavy (non-hydrogen) atoms. The first-order chi connectivity index (χ1) is 7.80. The molecule has 2 aliphatic rings. The van der Waals surface area contributed by atoms with Crippen LogP contribution in [0.2, 0.25) is 0 Å². The summed E-state index contributed by atoms with van der Waals surface area (Å²) in [5.41, 5.74) is 0. The maximum absolute atomic E-state index is 13.3. The molecule has 0 saturated heterocycles. The molecule has 5 unspecified atom stereocenters. The topological polar surface area (TPSA) is 29.1 Å². The fourth-order valence-electron chi connectivity index (χ4n) is 2.86. The van der Waals surface area contributed by atoms with Crippen LogP contribution in [-0.2, 0) is 4.79 Å². The van der Waals surface area contributed by atoms with Gasteiger partial charge in [-0.2, -0.15) is 13.2 Å². The Morgan fingerprint density at radius 1 is 1.29 bits per heavy atom. The first-order valence-electron chi connectivity index (χ1n) is 5.46. The van der Waals surface area contributed by atoms with Crippen molar-refractivity contribution in [2.75, 3.05) is 0 Å². The molecule has 2 aliphatic carbocycles. The van der Waals surface area contributed by atoms with E-state index in [0.717, 1.165) is 0 Å². The maximum atomic E-state index is 13.3. The molecule has 0 heterocycles. The second kappa shape index (κ2) is 4.10. The zero-order valence-corrected chi connectivity index (χ0v) is 8.81. The highest BCUT2D eigenvalue weighted by Crippen LogP contribution is 2.46. The summed E-state index contributed by atoms with van der Waals surface area (Å²) < 4.78 is 61.8. The minimum atomic E-state index is -5.20. The van der Waals surface area contributed by atoms with E-state index in [9.17, 15) is 26.7 Å². The lowest BCUT2D eigenvalue weighted by Crippen LogP contribution is -2.47. The summed E-state index contributed by atoms with van der Waals surface area (Å²) in [5.74, 6) is -2.31. The van der Waals surface area contributed by atoms with E-state index in [1.807, 2.05) is 5.32 Å². The summed E-state index contributed by atoms with van der Waals surface area (Å²) in [6.07, 6.45) is -8.35. The Morgan fingerprint density at radius 2 is 1.94 bits per heavy atom. The Labute approximate surface area is 94.6 Å². The molecule has 0 aromatic heterocycles. The van der Waals surface area contributed by atoms with E-state index >= 15 is 0 Å². The molecule has 1 N–H and O–H groups in total.